The molecule has 0 radical (unpaired) electrons. The van der Waals surface area contributed by atoms with Crippen LogP contribution in [0.1, 0.15) is 10.4 Å². The number of nitrogens with zero attached hydrogens (tertiary/aromatic N) is 2. The molecule has 1 heterocycles. The molecule has 0 atom stereocenters. The Kier molecular flexibility index (Phi) is 3.76. The van der Waals surface area contributed by atoms with Gasteiger partial charge in [0, 0.05) is 32.5 Å². The fourth-order valence-electron chi connectivity index (χ4n) is 2.16. The maximum Gasteiger partial charge on any atom is 0.259 e. The number of aryl methyl sites for hydroxylation is 1. The second-order valence-electron chi connectivity index (χ2n) is 4.67. The number of carbonyl (C=O) groups excluding carboxylic acids is 1. The lowest BCUT2D eigenvalue weighted by atomic mass is 10.1. The number of aromatic nitrogens is 1. The largest absolute Gasteiger partial charge is 0.398 e. The highest BCUT2D eigenvalue weighted by atomic mass is 16.3. The highest BCUT2D eigenvalue weighted by Crippen LogP contribution is 2.17. The molecule has 6 nitrogen and oxygen atoms in total. The first kappa shape index (κ1) is 14.1. The number of hydrogen-bond acceptors (Lipinski definition) is 4. The third-order valence-electron chi connectivity index (χ3n) is 3.26. The van der Waals surface area contributed by atoms with E-state index in [1.807, 2.05) is 0 Å². The zero-order valence-corrected chi connectivity index (χ0v) is 11.5. The summed E-state index contributed by atoms with van der Waals surface area (Å²) < 4.78 is 1.70. The Labute approximate surface area is 116 Å². The van der Waals surface area contributed by atoms with Crippen LogP contribution in [-0.4, -0.2) is 40.7 Å². The van der Waals surface area contributed by atoms with Crippen molar-refractivity contribution in [1.29, 1.82) is 0 Å². The summed E-state index contributed by atoms with van der Waals surface area (Å²) in [5.41, 5.74) is 6.54. The van der Waals surface area contributed by atoms with Gasteiger partial charge in [-0.25, -0.2) is 0 Å². The smallest absolute Gasteiger partial charge is 0.259 e. The van der Waals surface area contributed by atoms with Crippen molar-refractivity contribution in [3.8, 4) is 0 Å². The molecule has 3 N–H and O–H groups in total. The summed E-state index contributed by atoms with van der Waals surface area (Å²) in [4.78, 5) is 26.0. The molecule has 0 saturated heterocycles. The standard InChI is InChI=1S/C14H17N3O3/c1-16(6-7-18)14(20)9-8-17(2)11-5-3-4-10(15)12(11)13(9)19/h3-5,8,18H,6-7,15H2,1-2H3. The molecular weight excluding hydrogens is 258 g/mol. The van der Waals surface area contributed by atoms with Gasteiger partial charge in [0.05, 0.1) is 17.5 Å². The molecule has 1 amide bonds. The van der Waals surface area contributed by atoms with Gasteiger partial charge in [0.1, 0.15) is 5.56 Å². The van der Waals surface area contributed by atoms with Gasteiger partial charge in [-0.2, -0.15) is 0 Å². The van der Waals surface area contributed by atoms with Crippen LogP contribution in [0.2, 0.25) is 0 Å². The van der Waals surface area contributed by atoms with Crippen molar-refractivity contribution in [3.63, 3.8) is 0 Å². The highest BCUT2D eigenvalue weighted by Gasteiger charge is 2.18. The summed E-state index contributed by atoms with van der Waals surface area (Å²) in [6.45, 7) is 0.0164. The summed E-state index contributed by atoms with van der Waals surface area (Å²) in [7, 11) is 3.29. The Morgan fingerprint density at radius 3 is 2.80 bits per heavy atom. The molecule has 2 rings (SSSR count). The SMILES string of the molecule is CN(CCO)C(=O)c1cn(C)c2cccc(N)c2c1=O. The van der Waals surface area contributed by atoms with Crippen molar-refractivity contribution in [1.82, 2.24) is 9.47 Å². The minimum atomic E-state index is -0.426. The summed E-state index contributed by atoms with van der Waals surface area (Å²) in [5, 5.41) is 9.22. The number of anilines is 1. The van der Waals surface area contributed by atoms with E-state index in [0.717, 1.165) is 0 Å². The molecule has 106 valence electrons. The van der Waals surface area contributed by atoms with E-state index in [1.165, 1.54) is 18.1 Å². The second kappa shape index (κ2) is 5.34. The normalized spacial score (nSPS) is 10.8. The fraction of sp³-hybridized carbons (Fsp3) is 0.286. The van der Waals surface area contributed by atoms with Gasteiger partial charge in [0.15, 0.2) is 0 Å². The first-order valence-corrected chi connectivity index (χ1v) is 6.21. The topological polar surface area (TPSA) is 88.6 Å². The number of pyridine rings is 1. The molecule has 0 spiro atoms. The van der Waals surface area contributed by atoms with Crippen LogP contribution in [0.3, 0.4) is 0 Å². The predicted octanol–water partition coefficient (Wildman–Crippen LogP) is 0.185. The number of nitrogen functional groups attached to an aromatic ring is 1. The minimum Gasteiger partial charge on any atom is -0.398 e. The predicted molar refractivity (Wildman–Crippen MR) is 77.6 cm³/mol. The third-order valence-corrected chi connectivity index (χ3v) is 3.26. The summed E-state index contributed by atoms with van der Waals surface area (Å²) in [6, 6.07) is 5.17. The number of hydrogen-bond donors (Lipinski definition) is 2. The monoisotopic (exact) mass is 275 g/mol. The van der Waals surface area contributed by atoms with E-state index in [1.54, 1.807) is 29.8 Å². The van der Waals surface area contributed by atoms with Gasteiger partial charge in [-0.15, -0.1) is 0 Å². The Morgan fingerprint density at radius 1 is 1.45 bits per heavy atom. The number of carbonyl (C=O) groups is 1. The van der Waals surface area contributed by atoms with Crippen LogP contribution >= 0.6 is 0 Å². The summed E-state index contributed by atoms with van der Waals surface area (Å²) in [6.07, 6.45) is 1.50. The van der Waals surface area contributed by atoms with Gasteiger partial charge in [-0.05, 0) is 12.1 Å². The molecule has 20 heavy (non-hydrogen) atoms. The van der Waals surface area contributed by atoms with Crippen molar-refractivity contribution < 1.29 is 9.90 Å². The minimum absolute atomic E-state index is 0.0499. The summed E-state index contributed by atoms with van der Waals surface area (Å²) in [5.74, 6) is -0.426. The Morgan fingerprint density at radius 2 is 2.15 bits per heavy atom. The second-order valence-corrected chi connectivity index (χ2v) is 4.67. The third kappa shape index (κ3) is 2.25. The molecule has 6 heteroatoms. The molecule has 0 aliphatic rings. The first-order chi connectivity index (χ1) is 9.47. The van der Waals surface area contributed by atoms with Gasteiger partial charge in [-0.3, -0.25) is 9.59 Å². The zero-order chi connectivity index (χ0) is 14.9. The molecule has 2 aromatic rings. The quantitative estimate of drug-likeness (QED) is 0.782. The molecular formula is C14H17N3O3. The van der Waals surface area contributed by atoms with E-state index in [9.17, 15) is 9.59 Å². The van der Waals surface area contributed by atoms with E-state index < -0.39 is 5.91 Å². The molecule has 1 aromatic heterocycles. The molecule has 0 unspecified atom stereocenters. The van der Waals surface area contributed by atoms with E-state index in [4.69, 9.17) is 10.8 Å². The lowest BCUT2D eigenvalue weighted by molar-refractivity contribution is 0.0765. The number of likely N-dealkylation sites (N-methyl/N-ethyl adjacent to an activating group) is 1. The van der Waals surface area contributed by atoms with Crippen LogP contribution in [0.25, 0.3) is 10.9 Å². The number of aliphatic hydroxyl groups is 1. The van der Waals surface area contributed by atoms with Crippen molar-refractivity contribution in [2.75, 3.05) is 25.9 Å². The number of amides is 1. The van der Waals surface area contributed by atoms with E-state index in [-0.39, 0.29) is 24.1 Å². The Balaban J connectivity index is 2.68. The summed E-state index contributed by atoms with van der Waals surface area (Å²) >= 11 is 0. The van der Waals surface area contributed by atoms with Crippen LogP contribution < -0.4 is 11.2 Å². The van der Waals surface area contributed by atoms with Gasteiger partial charge in [-0.1, -0.05) is 6.07 Å². The van der Waals surface area contributed by atoms with Gasteiger partial charge >= 0.3 is 0 Å². The first-order valence-electron chi connectivity index (χ1n) is 6.21. The molecule has 0 aliphatic carbocycles. The lowest BCUT2D eigenvalue weighted by Crippen LogP contribution is -2.33. The van der Waals surface area contributed by atoms with E-state index >= 15 is 0 Å². The Bertz CT molecular complexity index is 721. The van der Waals surface area contributed by atoms with Crippen LogP contribution in [0.5, 0.6) is 0 Å². The van der Waals surface area contributed by atoms with Crippen LogP contribution in [0.4, 0.5) is 5.69 Å². The van der Waals surface area contributed by atoms with Crippen LogP contribution in [0.15, 0.2) is 29.2 Å². The van der Waals surface area contributed by atoms with Gasteiger partial charge < -0.3 is 20.3 Å². The van der Waals surface area contributed by atoms with Gasteiger partial charge in [0.25, 0.3) is 5.91 Å². The Hall–Kier alpha value is -2.34. The van der Waals surface area contributed by atoms with E-state index in [0.29, 0.717) is 16.6 Å². The maximum absolute atomic E-state index is 12.4. The fourth-order valence-corrected chi connectivity index (χ4v) is 2.16. The number of benzene rings is 1. The average molecular weight is 275 g/mol. The lowest BCUT2D eigenvalue weighted by Gasteiger charge is -2.17. The van der Waals surface area contributed by atoms with Crippen molar-refractivity contribution in [2.45, 2.75) is 0 Å². The average Bonchev–Trinajstić information content (AvgIpc) is 2.42. The molecule has 0 fully saturated rings. The van der Waals surface area contributed by atoms with Crippen molar-refractivity contribution in [3.05, 3.63) is 40.2 Å². The zero-order valence-electron chi connectivity index (χ0n) is 11.5. The molecule has 0 saturated carbocycles. The number of nitrogens with two attached hydrogens (primary N) is 1. The van der Waals surface area contributed by atoms with Gasteiger partial charge in [0.2, 0.25) is 5.43 Å². The number of fused-ring (bicyclic) bond motifs is 1. The molecule has 1 aromatic carbocycles. The maximum atomic E-state index is 12.4. The molecule has 0 aliphatic heterocycles. The van der Waals surface area contributed by atoms with E-state index in [2.05, 4.69) is 0 Å². The highest BCUT2D eigenvalue weighted by molar-refractivity contribution is 6.00. The number of rotatable bonds is 3. The van der Waals surface area contributed by atoms with Crippen molar-refractivity contribution >= 4 is 22.5 Å². The molecule has 0 bridgehead atoms. The van der Waals surface area contributed by atoms with Crippen LogP contribution in [-0.2, 0) is 7.05 Å². The van der Waals surface area contributed by atoms with Crippen molar-refractivity contribution in [2.24, 2.45) is 7.05 Å². The number of aliphatic hydroxyl groups excluding tert-OH is 1. The van der Waals surface area contributed by atoms with Crippen LogP contribution in [0, 0.1) is 0 Å².